The molecular formula is C12H19NO4. The molecule has 2 unspecified atom stereocenters. The summed E-state index contributed by atoms with van der Waals surface area (Å²) in [5.41, 5.74) is -0.375. The molecule has 0 amide bonds. The summed E-state index contributed by atoms with van der Waals surface area (Å²) in [5, 5.41) is 10.8. The number of esters is 1. The highest BCUT2D eigenvalue weighted by Crippen LogP contribution is 2.22. The summed E-state index contributed by atoms with van der Waals surface area (Å²) in [5.74, 6) is -0.430. The molecule has 0 saturated heterocycles. The van der Waals surface area contributed by atoms with Crippen LogP contribution >= 0.6 is 0 Å². The molecule has 0 rings (SSSR count). The Labute approximate surface area is 101 Å². The zero-order valence-corrected chi connectivity index (χ0v) is 10.6. The predicted molar refractivity (Wildman–Crippen MR) is 65.2 cm³/mol. The van der Waals surface area contributed by atoms with Crippen LogP contribution in [-0.4, -0.2) is 22.5 Å². The topological polar surface area (TPSA) is 69.4 Å². The van der Waals surface area contributed by atoms with Gasteiger partial charge in [0.15, 0.2) is 0 Å². The number of nitro groups is 1. The predicted octanol–water partition coefficient (Wildman–Crippen LogP) is 2.50. The second-order valence-electron chi connectivity index (χ2n) is 4.30. The molecule has 96 valence electrons. The Hall–Kier alpha value is -1.65. The number of ether oxygens (including phenoxy) is 1. The van der Waals surface area contributed by atoms with Crippen LogP contribution in [0.3, 0.4) is 0 Å². The van der Waals surface area contributed by atoms with Gasteiger partial charge in [-0.2, -0.15) is 0 Å². The largest absolute Gasteiger partial charge is 0.455 e. The number of carbonyl (C=O) groups is 1. The molecule has 0 bridgehead atoms. The summed E-state index contributed by atoms with van der Waals surface area (Å²) in [7, 11) is 0. The first-order chi connectivity index (χ1) is 7.72. The van der Waals surface area contributed by atoms with Crippen molar-refractivity contribution in [2.75, 3.05) is 0 Å². The summed E-state index contributed by atoms with van der Waals surface area (Å²) in [4.78, 5) is 21.3. The second kappa shape index (κ2) is 6.18. The van der Waals surface area contributed by atoms with Crippen molar-refractivity contribution in [3.63, 3.8) is 0 Å². The number of carbonyl (C=O) groups excluding carboxylic acids is 1. The molecule has 0 aromatic heterocycles. The molecule has 0 aliphatic carbocycles. The van der Waals surface area contributed by atoms with Gasteiger partial charge in [0.05, 0.1) is 0 Å². The van der Waals surface area contributed by atoms with E-state index >= 15 is 0 Å². The molecule has 0 aromatic carbocycles. The molecule has 0 spiro atoms. The summed E-state index contributed by atoms with van der Waals surface area (Å²) in [6.45, 7) is 11.8. The quantitative estimate of drug-likeness (QED) is 0.297. The fraction of sp³-hybridized carbons (Fsp3) is 0.583. The third kappa shape index (κ3) is 5.29. The van der Waals surface area contributed by atoms with Crippen LogP contribution in [-0.2, 0) is 9.53 Å². The fourth-order valence-corrected chi connectivity index (χ4v) is 1.48. The van der Waals surface area contributed by atoms with Crippen LogP contribution in [0.4, 0.5) is 0 Å². The lowest BCUT2D eigenvalue weighted by Gasteiger charge is -2.25. The van der Waals surface area contributed by atoms with Gasteiger partial charge < -0.3 is 4.74 Å². The molecule has 17 heavy (non-hydrogen) atoms. The van der Waals surface area contributed by atoms with E-state index in [2.05, 4.69) is 13.2 Å². The van der Waals surface area contributed by atoms with E-state index in [1.165, 1.54) is 13.0 Å². The van der Waals surface area contributed by atoms with Gasteiger partial charge in [0, 0.05) is 18.3 Å². The van der Waals surface area contributed by atoms with Gasteiger partial charge in [0.2, 0.25) is 6.04 Å². The second-order valence-corrected chi connectivity index (χ2v) is 4.30. The Kier molecular flexibility index (Phi) is 5.58. The van der Waals surface area contributed by atoms with Gasteiger partial charge in [-0.15, -0.1) is 0 Å². The highest BCUT2D eigenvalue weighted by molar-refractivity contribution is 5.66. The molecule has 0 aromatic rings. The number of hydrogen-bond donors (Lipinski definition) is 0. The molecule has 0 N–H and O–H groups in total. The summed E-state index contributed by atoms with van der Waals surface area (Å²) in [6, 6.07) is -0.815. The Morgan fingerprint density at radius 2 is 2.12 bits per heavy atom. The van der Waals surface area contributed by atoms with Gasteiger partial charge in [-0.1, -0.05) is 13.2 Å². The summed E-state index contributed by atoms with van der Waals surface area (Å²) >= 11 is 0. The molecule has 0 radical (unpaired) electrons. The van der Waals surface area contributed by atoms with E-state index in [1.54, 1.807) is 13.8 Å². The van der Waals surface area contributed by atoms with Crippen molar-refractivity contribution in [2.45, 2.75) is 45.3 Å². The summed E-state index contributed by atoms with van der Waals surface area (Å²) in [6.07, 6.45) is 2.09. The Morgan fingerprint density at radius 3 is 2.41 bits per heavy atom. The van der Waals surface area contributed by atoms with Gasteiger partial charge in [-0.05, 0) is 31.9 Å². The molecule has 2 atom stereocenters. The molecule has 0 fully saturated rings. The normalized spacial score (nSPS) is 15.5. The third-order valence-electron chi connectivity index (χ3n) is 2.55. The van der Waals surface area contributed by atoms with Crippen molar-refractivity contribution >= 4 is 5.97 Å². The minimum absolute atomic E-state index is 0.262. The van der Waals surface area contributed by atoms with Gasteiger partial charge in [-0.3, -0.25) is 14.9 Å². The van der Waals surface area contributed by atoms with E-state index in [-0.39, 0.29) is 11.3 Å². The first-order valence-corrected chi connectivity index (χ1v) is 5.34. The van der Waals surface area contributed by atoms with E-state index in [9.17, 15) is 14.9 Å². The molecule has 0 aliphatic heterocycles. The Balaban J connectivity index is 4.59. The van der Waals surface area contributed by atoms with Crippen LogP contribution < -0.4 is 0 Å². The lowest BCUT2D eigenvalue weighted by atomic mass is 9.95. The first-order valence-electron chi connectivity index (χ1n) is 5.34. The van der Waals surface area contributed by atoms with E-state index in [1.807, 2.05) is 0 Å². The van der Waals surface area contributed by atoms with Crippen LogP contribution in [0.15, 0.2) is 24.8 Å². The smallest absolute Gasteiger partial charge is 0.303 e. The first kappa shape index (κ1) is 15.3. The standard InChI is InChI=1S/C12H19NO4/c1-6-12(5,17-10(4)14)8-7-11(9(2)3)13(15)16/h6,11H,1-2,7-8H2,3-5H3. The van der Waals surface area contributed by atoms with Crippen molar-refractivity contribution in [1.82, 2.24) is 0 Å². The van der Waals surface area contributed by atoms with Crippen LogP contribution in [0.1, 0.15) is 33.6 Å². The maximum atomic E-state index is 10.9. The van der Waals surface area contributed by atoms with E-state index in [0.29, 0.717) is 12.0 Å². The van der Waals surface area contributed by atoms with E-state index < -0.39 is 17.6 Å². The number of nitrogens with zero attached hydrogens (tertiary/aromatic N) is 1. The van der Waals surface area contributed by atoms with Crippen molar-refractivity contribution in [2.24, 2.45) is 0 Å². The van der Waals surface area contributed by atoms with Crippen molar-refractivity contribution < 1.29 is 14.5 Å². The molecule has 0 heterocycles. The van der Waals surface area contributed by atoms with Crippen LogP contribution in [0, 0.1) is 10.1 Å². The lowest BCUT2D eigenvalue weighted by molar-refractivity contribution is -0.513. The lowest BCUT2D eigenvalue weighted by Crippen LogP contribution is -2.31. The van der Waals surface area contributed by atoms with Gasteiger partial charge >= 0.3 is 5.97 Å². The maximum absolute atomic E-state index is 10.9. The van der Waals surface area contributed by atoms with E-state index in [0.717, 1.165) is 0 Å². The van der Waals surface area contributed by atoms with Crippen molar-refractivity contribution in [1.29, 1.82) is 0 Å². The van der Waals surface area contributed by atoms with Gasteiger partial charge in [-0.25, -0.2) is 0 Å². The average molecular weight is 241 g/mol. The Morgan fingerprint density at radius 1 is 1.59 bits per heavy atom. The molecule has 0 saturated carbocycles. The maximum Gasteiger partial charge on any atom is 0.303 e. The zero-order valence-electron chi connectivity index (χ0n) is 10.6. The zero-order chi connectivity index (χ0) is 13.6. The van der Waals surface area contributed by atoms with Gasteiger partial charge in [0.1, 0.15) is 5.60 Å². The minimum Gasteiger partial charge on any atom is -0.455 e. The SMILES string of the molecule is C=CC(C)(CCC(C(=C)C)[N+](=O)[O-])OC(C)=O. The van der Waals surface area contributed by atoms with Gasteiger partial charge in [0.25, 0.3) is 0 Å². The summed E-state index contributed by atoms with van der Waals surface area (Å²) < 4.78 is 5.09. The fourth-order valence-electron chi connectivity index (χ4n) is 1.48. The monoisotopic (exact) mass is 241 g/mol. The molecule has 5 nitrogen and oxygen atoms in total. The van der Waals surface area contributed by atoms with Crippen LogP contribution in [0.5, 0.6) is 0 Å². The highest BCUT2D eigenvalue weighted by atomic mass is 16.6. The number of rotatable bonds is 7. The molecule has 5 heteroatoms. The molecule has 0 aliphatic rings. The molecular weight excluding hydrogens is 222 g/mol. The average Bonchev–Trinajstić information content (AvgIpc) is 2.15. The highest BCUT2D eigenvalue weighted by Gasteiger charge is 2.29. The third-order valence-corrected chi connectivity index (χ3v) is 2.55. The van der Waals surface area contributed by atoms with Crippen molar-refractivity contribution in [3.05, 3.63) is 34.9 Å². The number of hydrogen-bond acceptors (Lipinski definition) is 4. The minimum atomic E-state index is -0.866. The van der Waals surface area contributed by atoms with Crippen LogP contribution in [0.2, 0.25) is 0 Å². The van der Waals surface area contributed by atoms with E-state index in [4.69, 9.17) is 4.74 Å². The van der Waals surface area contributed by atoms with Crippen molar-refractivity contribution in [3.8, 4) is 0 Å². The van der Waals surface area contributed by atoms with Crippen LogP contribution in [0.25, 0.3) is 0 Å². The Bertz CT molecular complexity index is 323.